The molecule has 0 saturated carbocycles. The van der Waals surface area contributed by atoms with Crippen molar-refractivity contribution >= 4 is 48.1 Å². The lowest BCUT2D eigenvalue weighted by atomic mass is 10.2. The van der Waals surface area contributed by atoms with Crippen LogP contribution in [0.4, 0.5) is 0 Å². The molecule has 0 saturated heterocycles. The second kappa shape index (κ2) is 5.56. The lowest BCUT2D eigenvalue weighted by Gasteiger charge is -1.99. The number of fused-ring (bicyclic) bond motifs is 1. The Labute approximate surface area is 137 Å². The van der Waals surface area contributed by atoms with Crippen LogP contribution >= 0.6 is 27.3 Å². The fraction of sp³-hybridized carbons (Fsp3) is 0.154. The van der Waals surface area contributed by atoms with Crippen LogP contribution in [0.25, 0.3) is 21.5 Å². The van der Waals surface area contributed by atoms with Gasteiger partial charge in [-0.3, -0.25) is 4.79 Å². The van der Waals surface area contributed by atoms with Crippen molar-refractivity contribution in [3.05, 3.63) is 39.2 Å². The van der Waals surface area contributed by atoms with Gasteiger partial charge in [0.15, 0.2) is 5.01 Å². The second-order valence-corrected chi connectivity index (χ2v) is 8.74. The van der Waals surface area contributed by atoms with Gasteiger partial charge in [-0.1, -0.05) is 34.2 Å². The van der Waals surface area contributed by atoms with Crippen LogP contribution < -0.4 is 5.43 Å². The van der Waals surface area contributed by atoms with Gasteiger partial charge in [-0.2, -0.15) is 0 Å². The molecular weight excluding hydrogens is 392 g/mol. The first kappa shape index (κ1) is 15.3. The Kier molecular flexibility index (Phi) is 3.87. The van der Waals surface area contributed by atoms with Crippen molar-refractivity contribution < 1.29 is 12.8 Å². The SMILES string of the molecule is CCS(=O)(=O)c1nnc(-c2coc3ccc(Br)cc3c2=O)s1. The molecule has 0 aliphatic rings. The first-order valence-electron chi connectivity index (χ1n) is 6.20. The number of hydrogen-bond donors (Lipinski definition) is 0. The summed E-state index contributed by atoms with van der Waals surface area (Å²) in [5.74, 6) is -0.0685. The number of benzene rings is 1. The Morgan fingerprint density at radius 1 is 1.32 bits per heavy atom. The molecule has 0 atom stereocenters. The van der Waals surface area contributed by atoms with E-state index in [1.165, 1.54) is 13.2 Å². The van der Waals surface area contributed by atoms with Crippen LogP contribution in [-0.2, 0) is 9.84 Å². The van der Waals surface area contributed by atoms with E-state index in [4.69, 9.17) is 4.42 Å². The second-order valence-electron chi connectivity index (χ2n) is 4.40. The standard InChI is InChI=1S/C13H9BrN2O4S2/c1-2-22(18,19)13-16-15-12(21-13)9-6-20-10-4-3-7(14)5-8(10)11(9)17/h3-6H,2H2,1H3. The van der Waals surface area contributed by atoms with E-state index < -0.39 is 9.84 Å². The summed E-state index contributed by atoms with van der Waals surface area (Å²) in [6.45, 7) is 1.53. The predicted molar refractivity (Wildman–Crippen MR) is 86.8 cm³/mol. The molecule has 3 rings (SSSR count). The van der Waals surface area contributed by atoms with E-state index in [1.54, 1.807) is 18.2 Å². The third-order valence-electron chi connectivity index (χ3n) is 3.02. The van der Waals surface area contributed by atoms with Crippen molar-refractivity contribution in [1.29, 1.82) is 0 Å². The average Bonchev–Trinajstić information content (AvgIpc) is 2.99. The molecule has 2 aromatic heterocycles. The molecule has 0 aliphatic carbocycles. The van der Waals surface area contributed by atoms with Crippen LogP contribution in [0.5, 0.6) is 0 Å². The van der Waals surface area contributed by atoms with Crippen LogP contribution in [0.2, 0.25) is 0 Å². The van der Waals surface area contributed by atoms with Crippen molar-refractivity contribution in [2.75, 3.05) is 5.75 Å². The molecule has 0 radical (unpaired) electrons. The summed E-state index contributed by atoms with van der Waals surface area (Å²) < 4.78 is 29.6. The maximum Gasteiger partial charge on any atom is 0.232 e. The molecule has 0 N–H and O–H groups in total. The highest BCUT2D eigenvalue weighted by molar-refractivity contribution is 9.10. The maximum absolute atomic E-state index is 12.5. The van der Waals surface area contributed by atoms with Crippen molar-refractivity contribution in [1.82, 2.24) is 10.2 Å². The zero-order valence-electron chi connectivity index (χ0n) is 11.2. The number of halogens is 1. The largest absolute Gasteiger partial charge is 0.463 e. The number of aromatic nitrogens is 2. The molecule has 9 heteroatoms. The maximum atomic E-state index is 12.5. The molecule has 0 aliphatic heterocycles. The highest BCUT2D eigenvalue weighted by Gasteiger charge is 2.20. The molecule has 0 fully saturated rings. The fourth-order valence-electron chi connectivity index (χ4n) is 1.82. The van der Waals surface area contributed by atoms with E-state index in [1.807, 2.05) is 0 Å². The Bertz CT molecular complexity index is 1020. The van der Waals surface area contributed by atoms with Gasteiger partial charge in [-0.25, -0.2) is 8.42 Å². The van der Waals surface area contributed by atoms with Crippen molar-refractivity contribution in [3.63, 3.8) is 0 Å². The number of nitrogens with zero attached hydrogens (tertiary/aromatic N) is 2. The van der Waals surface area contributed by atoms with Crippen LogP contribution in [0.3, 0.4) is 0 Å². The summed E-state index contributed by atoms with van der Waals surface area (Å²) in [6, 6.07) is 5.09. The minimum atomic E-state index is -3.44. The normalized spacial score (nSPS) is 11.9. The molecule has 0 bridgehead atoms. The fourth-order valence-corrected chi connectivity index (χ4v) is 4.27. The summed E-state index contributed by atoms with van der Waals surface area (Å²) in [5, 5.41) is 8.09. The van der Waals surface area contributed by atoms with Crippen LogP contribution in [0.15, 0.2) is 42.5 Å². The van der Waals surface area contributed by atoms with E-state index in [-0.39, 0.29) is 26.1 Å². The molecule has 0 unspecified atom stereocenters. The third kappa shape index (κ3) is 2.59. The predicted octanol–water partition coefficient (Wildman–Crippen LogP) is 2.87. The van der Waals surface area contributed by atoms with E-state index in [0.717, 1.165) is 15.8 Å². The Morgan fingerprint density at radius 3 is 2.82 bits per heavy atom. The third-order valence-corrected chi connectivity index (χ3v) is 6.65. The van der Waals surface area contributed by atoms with Crippen molar-refractivity contribution in [3.8, 4) is 10.6 Å². The molecule has 22 heavy (non-hydrogen) atoms. The number of rotatable bonds is 3. The van der Waals surface area contributed by atoms with E-state index >= 15 is 0 Å². The molecule has 0 amide bonds. The highest BCUT2D eigenvalue weighted by Crippen LogP contribution is 2.26. The minimum Gasteiger partial charge on any atom is -0.463 e. The molecule has 114 valence electrons. The lowest BCUT2D eigenvalue weighted by Crippen LogP contribution is -2.04. The molecule has 3 aromatic rings. The van der Waals surface area contributed by atoms with Crippen LogP contribution in [0.1, 0.15) is 6.92 Å². The summed E-state index contributed by atoms with van der Waals surface area (Å²) in [7, 11) is -3.44. The summed E-state index contributed by atoms with van der Waals surface area (Å²) in [5.41, 5.74) is 0.364. The zero-order valence-corrected chi connectivity index (χ0v) is 14.5. The van der Waals surface area contributed by atoms with Gasteiger partial charge in [-0.15, -0.1) is 10.2 Å². The number of sulfone groups is 1. The van der Waals surface area contributed by atoms with E-state index in [0.29, 0.717) is 11.0 Å². The van der Waals surface area contributed by atoms with Gasteiger partial charge in [0.25, 0.3) is 0 Å². The number of hydrogen-bond acceptors (Lipinski definition) is 7. The summed E-state index contributed by atoms with van der Waals surface area (Å²) in [4.78, 5) is 12.5. The minimum absolute atomic E-state index is 0.0685. The van der Waals surface area contributed by atoms with Crippen molar-refractivity contribution in [2.24, 2.45) is 0 Å². The smallest absolute Gasteiger partial charge is 0.232 e. The Morgan fingerprint density at radius 2 is 2.09 bits per heavy atom. The van der Waals surface area contributed by atoms with E-state index in [2.05, 4.69) is 26.1 Å². The summed E-state index contributed by atoms with van der Waals surface area (Å²) >= 11 is 4.16. The monoisotopic (exact) mass is 400 g/mol. The van der Waals surface area contributed by atoms with E-state index in [9.17, 15) is 13.2 Å². The van der Waals surface area contributed by atoms with Gasteiger partial charge >= 0.3 is 0 Å². The molecule has 1 aromatic carbocycles. The van der Waals surface area contributed by atoms with Crippen LogP contribution in [-0.4, -0.2) is 24.4 Å². The van der Waals surface area contributed by atoms with Gasteiger partial charge in [0, 0.05) is 4.47 Å². The van der Waals surface area contributed by atoms with Gasteiger partial charge in [-0.05, 0) is 18.2 Å². The first-order valence-corrected chi connectivity index (χ1v) is 9.46. The van der Waals surface area contributed by atoms with Crippen LogP contribution in [0, 0.1) is 0 Å². The highest BCUT2D eigenvalue weighted by atomic mass is 79.9. The Balaban J connectivity index is 2.19. The molecule has 0 spiro atoms. The lowest BCUT2D eigenvalue weighted by molar-refractivity contribution is 0.595. The molecule has 2 heterocycles. The topological polar surface area (TPSA) is 90.1 Å². The summed E-state index contributed by atoms with van der Waals surface area (Å²) in [6.07, 6.45) is 1.28. The quantitative estimate of drug-likeness (QED) is 0.671. The van der Waals surface area contributed by atoms with Gasteiger partial charge in [0.2, 0.25) is 19.6 Å². The van der Waals surface area contributed by atoms with Gasteiger partial charge in [0.1, 0.15) is 11.8 Å². The van der Waals surface area contributed by atoms with Gasteiger partial charge in [0.05, 0.1) is 16.7 Å². The van der Waals surface area contributed by atoms with Gasteiger partial charge < -0.3 is 4.42 Å². The average molecular weight is 401 g/mol. The van der Waals surface area contributed by atoms with Crippen molar-refractivity contribution in [2.45, 2.75) is 11.3 Å². The first-order chi connectivity index (χ1) is 10.4. The molecular formula is C13H9BrN2O4S2. The Hall–Kier alpha value is -1.58. The zero-order chi connectivity index (χ0) is 15.9. The molecule has 6 nitrogen and oxygen atoms in total.